The first-order valence-corrected chi connectivity index (χ1v) is 6.13. The summed E-state index contributed by atoms with van der Waals surface area (Å²) in [6.45, 7) is 8.66. The van der Waals surface area contributed by atoms with Gasteiger partial charge in [-0.25, -0.2) is 0 Å². The largest absolute Gasteiger partial charge is 0.370 e. The number of guanidine groups is 1. The highest BCUT2D eigenvalue weighted by Crippen LogP contribution is 2.00. The second-order valence-electron chi connectivity index (χ2n) is 3.97. The van der Waals surface area contributed by atoms with E-state index in [4.69, 9.17) is 5.73 Å². The predicted molar refractivity (Wildman–Crippen MR) is 87.5 cm³/mol. The predicted octanol–water partition coefficient (Wildman–Crippen LogP) is 2.21. The third-order valence-electron chi connectivity index (χ3n) is 2.73. The van der Waals surface area contributed by atoms with Gasteiger partial charge in [0.15, 0.2) is 5.96 Å². The van der Waals surface area contributed by atoms with E-state index in [1.165, 1.54) is 5.56 Å². The minimum atomic E-state index is 0. The molecule has 18 heavy (non-hydrogen) atoms. The number of nitrogens with zero attached hydrogens (tertiary/aromatic N) is 3. The Balaban J connectivity index is 0.00000289. The SMILES string of the molecule is CCN(CC)C(N)=NCCc1ccc(C)nc1.I. The standard InChI is InChI=1S/C13H22N4.HI/c1-4-17(5-2)13(14)15-9-8-12-7-6-11(3)16-10-12;/h6-7,10H,4-5,8-9H2,1-3H3,(H2,14,15);1H. The maximum atomic E-state index is 5.89. The minimum Gasteiger partial charge on any atom is -0.370 e. The number of nitrogens with two attached hydrogens (primary N) is 1. The van der Waals surface area contributed by atoms with Crippen LogP contribution in [-0.4, -0.2) is 35.5 Å². The molecule has 0 aromatic carbocycles. The van der Waals surface area contributed by atoms with Crippen LogP contribution in [0.4, 0.5) is 0 Å². The Kier molecular flexibility index (Phi) is 8.70. The Morgan fingerprint density at radius 2 is 2.00 bits per heavy atom. The van der Waals surface area contributed by atoms with Crippen molar-refractivity contribution in [3.05, 3.63) is 29.6 Å². The third-order valence-corrected chi connectivity index (χ3v) is 2.73. The van der Waals surface area contributed by atoms with Gasteiger partial charge in [-0.2, -0.15) is 0 Å². The van der Waals surface area contributed by atoms with Crippen molar-refractivity contribution in [2.24, 2.45) is 10.7 Å². The molecule has 0 unspecified atom stereocenters. The van der Waals surface area contributed by atoms with Crippen LogP contribution < -0.4 is 5.73 Å². The highest BCUT2D eigenvalue weighted by atomic mass is 127. The van der Waals surface area contributed by atoms with Crippen molar-refractivity contribution in [3.63, 3.8) is 0 Å². The van der Waals surface area contributed by atoms with Gasteiger partial charge in [0.05, 0.1) is 0 Å². The molecule has 102 valence electrons. The van der Waals surface area contributed by atoms with E-state index in [0.717, 1.165) is 25.2 Å². The molecule has 1 aromatic rings. The summed E-state index contributed by atoms with van der Waals surface area (Å²) in [4.78, 5) is 10.7. The normalized spacial score (nSPS) is 10.9. The van der Waals surface area contributed by atoms with Crippen LogP contribution in [0.5, 0.6) is 0 Å². The van der Waals surface area contributed by atoms with Crippen LogP contribution in [0.1, 0.15) is 25.1 Å². The van der Waals surface area contributed by atoms with E-state index in [1.807, 2.05) is 24.1 Å². The number of aryl methyl sites for hydroxylation is 1. The summed E-state index contributed by atoms with van der Waals surface area (Å²) in [5.41, 5.74) is 8.13. The van der Waals surface area contributed by atoms with Gasteiger partial charge < -0.3 is 10.6 Å². The Morgan fingerprint density at radius 3 is 2.50 bits per heavy atom. The molecule has 1 rings (SSSR count). The first-order chi connectivity index (χ1) is 8.17. The first kappa shape index (κ1) is 17.2. The number of hydrogen-bond donors (Lipinski definition) is 1. The van der Waals surface area contributed by atoms with Gasteiger partial charge in [0.2, 0.25) is 0 Å². The van der Waals surface area contributed by atoms with Crippen molar-refractivity contribution in [2.45, 2.75) is 27.2 Å². The van der Waals surface area contributed by atoms with Crippen LogP contribution in [0.15, 0.2) is 23.3 Å². The quantitative estimate of drug-likeness (QED) is 0.497. The van der Waals surface area contributed by atoms with E-state index in [2.05, 4.69) is 29.9 Å². The molecule has 0 fully saturated rings. The highest BCUT2D eigenvalue weighted by Gasteiger charge is 2.01. The van der Waals surface area contributed by atoms with Gasteiger partial charge in [0, 0.05) is 31.5 Å². The lowest BCUT2D eigenvalue weighted by atomic mass is 10.2. The van der Waals surface area contributed by atoms with Gasteiger partial charge in [0.25, 0.3) is 0 Å². The molecule has 0 saturated heterocycles. The summed E-state index contributed by atoms with van der Waals surface area (Å²) < 4.78 is 0. The molecule has 0 amide bonds. The van der Waals surface area contributed by atoms with Gasteiger partial charge in [-0.3, -0.25) is 9.98 Å². The number of rotatable bonds is 5. The summed E-state index contributed by atoms with van der Waals surface area (Å²) in [7, 11) is 0. The molecule has 0 saturated carbocycles. The van der Waals surface area contributed by atoms with Crippen LogP contribution in [-0.2, 0) is 6.42 Å². The first-order valence-electron chi connectivity index (χ1n) is 6.13. The average Bonchev–Trinajstić information content (AvgIpc) is 2.33. The number of aromatic nitrogens is 1. The molecular formula is C13H23IN4. The van der Waals surface area contributed by atoms with Crippen molar-refractivity contribution in [1.82, 2.24) is 9.88 Å². The van der Waals surface area contributed by atoms with E-state index >= 15 is 0 Å². The summed E-state index contributed by atoms with van der Waals surface area (Å²) in [5, 5.41) is 0. The number of halogens is 1. The Labute approximate surface area is 127 Å². The van der Waals surface area contributed by atoms with Crippen LogP contribution >= 0.6 is 24.0 Å². The second kappa shape index (κ2) is 9.13. The fourth-order valence-corrected chi connectivity index (χ4v) is 1.59. The molecule has 0 aliphatic heterocycles. The summed E-state index contributed by atoms with van der Waals surface area (Å²) in [6, 6.07) is 4.11. The summed E-state index contributed by atoms with van der Waals surface area (Å²) in [6.07, 6.45) is 2.79. The molecule has 0 atom stereocenters. The summed E-state index contributed by atoms with van der Waals surface area (Å²) >= 11 is 0. The van der Waals surface area contributed by atoms with Gasteiger partial charge in [0.1, 0.15) is 0 Å². The van der Waals surface area contributed by atoms with Crippen LogP contribution in [0.3, 0.4) is 0 Å². The zero-order valence-corrected chi connectivity index (χ0v) is 13.7. The third kappa shape index (κ3) is 5.66. The van der Waals surface area contributed by atoms with Crippen LogP contribution in [0.2, 0.25) is 0 Å². The van der Waals surface area contributed by atoms with Crippen molar-refractivity contribution in [3.8, 4) is 0 Å². The molecule has 1 aromatic heterocycles. The van der Waals surface area contributed by atoms with Crippen LogP contribution in [0, 0.1) is 6.92 Å². The van der Waals surface area contributed by atoms with Gasteiger partial charge in [-0.05, 0) is 38.8 Å². The maximum Gasteiger partial charge on any atom is 0.191 e. The monoisotopic (exact) mass is 362 g/mol. The van der Waals surface area contributed by atoms with Gasteiger partial charge in [-0.1, -0.05) is 6.07 Å². The Bertz CT molecular complexity index is 358. The van der Waals surface area contributed by atoms with Gasteiger partial charge >= 0.3 is 0 Å². The zero-order chi connectivity index (χ0) is 12.7. The highest BCUT2D eigenvalue weighted by molar-refractivity contribution is 14.0. The smallest absolute Gasteiger partial charge is 0.191 e. The lowest BCUT2D eigenvalue weighted by molar-refractivity contribution is 0.458. The Hall–Kier alpha value is -0.850. The van der Waals surface area contributed by atoms with E-state index in [1.54, 1.807) is 0 Å². The lowest BCUT2D eigenvalue weighted by Crippen LogP contribution is -2.37. The van der Waals surface area contributed by atoms with Gasteiger partial charge in [-0.15, -0.1) is 24.0 Å². The topological polar surface area (TPSA) is 54.5 Å². The van der Waals surface area contributed by atoms with E-state index in [9.17, 15) is 0 Å². The minimum absolute atomic E-state index is 0. The molecule has 4 nitrogen and oxygen atoms in total. The molecule has 5 heteroatoms. The second-order valence-corrected chi connectivity index (χ2v) is 3.97. The molecule has 0 spiro atoms. The fourth-order valence-electron chi connectivity index (χ4n) is 1.59. The van der Waals surface area contributed by atoms with Crippen molar-refractivity contribution >= 4 is 29.9 Å². The van der Waals surface area contributed by atoms with E-state index in [-0.39, 0.29) is 24.0 Å². The molecule has 0 bridgehead atoms. The Morgan fingerprint density at radius 1 is 1.33 bits per heavy atom. The van der Waals surface area contributed by atoms with Crippen molar-refractivity contribution in [1.29, 1.82) is 0 Å². The molecule has 0 aliphatic carbocycles. The fraction of sp³-hybridized carbons (Fsp3) is 0.538. The number of pyridine rings is 1. The average molecular weight is 362 g/mol. The van der Waals surface area contributed by atoms with Crippen molar-refractivity contribution < 1.29 is 0 Å². The molecule has 1 heterocycles. The molecule has 2 N–H and O–H groups in total. The maximum absolute atomic E-state index is 5.89. The lowest BCUT2D eigenvalue weighted by Gasteiger charge is -2.19. The number of aliphatic imine (C=N–C) groups is 1. The number of hydrogen-bond acceptors (Lipinski definition) is 2. The van der Waals surface area contributed by atoms with Crippen molar-refractivity contribution in [2.75, 3.05) is 19.6 Å². The summed E-state index contributed by atoms with van der Waals surface area (Å²) in [5.74, 6) is 0.634. The molecular weight excluding hydrogens is 339 g/mol. The molecule has 0 aliphatic rings. The zero-order valence-electron chi connectivity index (χ0n) is 11.4. The van der Waals surface area contributed by atoms with Crippen LogP contribution in [0.25, 0.3) is 0 Å². The molecule has 0 radical (unpaired) electrons. The van der Waals surface area contributed by atoms with E-state index < -0.39 is 0 Å². The van der Waals surface area contributed by atoms with E-state index in [0.29, 0.717) is 12.5 Å².